The number of rotatable bonds is 3. The van der Waals surface area contributed by atoms with Gasteiger partial charge in [0.15, 0.2) is 0 Å². The van der Waals surface area contributed by atoms with Gasteiger partial charge in [-0.05, 0) is 19.4 Å². The maximum atomic E-state index is 11.4. The summed E-state index contributed by atoms with van der Waals surface area (Å²) >= 11 is 0. The van der Waals surface area contributed by atoms with Crippen LogP contribution in [0.4, 0.5) is 0 Å². The Bertz CT molecular complexity index is 439. The van der Waals surface area contributed by atoms with Gasteiger partial charge >= 0.3 is 0 Å². The number of hydrogen-bond donors (Lipinski definition) is 2. The van der Waals surface area contributed by atoms with E-state index in [9.17, 15) is 9.59 Å². The lowest BCUT2D eigenvalue weighted by atomic mass is 10.1. The Kier molecular flexibility index (Phi) is 3.24. The molecule has 1 unspecified atom stereocenters. The molecular formula is C13H16N2O2. The number of carbonyl (C=O) groups is 2. The van der Waals surface area contributed by atoms with Crippen molar-refractivity contribution in [2.24, 2.45) is 0 Å². The molecule has 1 aliphatic heterocycles. The van der Waals surface area contributed by atoms with E-state index in [1.165, 1.54) is 5.56 Å². The Hall–Kier alpha value is -1.68. The molecule has 0 bridgehead atoms. The molecule has 2 amide bonds. The van der Waals surface area contributed by atoms with Crippen molar-refractivity contribution in [3.63, 3.8) is 0 Å². The third kappa shape index (κ3) is 2.71. The van der Waals surface area contributed by atoms with Crippen LogP contribution < -0.4 is 10.6 Å². The second-order valence-corrected chi connectivity index (χ2v) is 4.47. The fourth-order valence-electron chi connectivity index (χ4n) is 1.94. The molecule has 1 aromatic rings. The van der Waals surface area contributed by atoms with Crippen LogP contribution in [0, 0.1) is 6.92 Å². The molecule has 4 nitrogen and oxygen atoms in total. The first-order valence-electron chi connectivity index (χ1n) is 5.72. The van der Waals surface area contributed by atoms with Crippen molar-refractivity contribution in [3.8, 4) is 0 Å². The SMILES string of the molecule is Cc1ccc([C@@H](C)NC2CC(=O)NC2=O)cc1. The molecule has 0 radical (unpaired) electrons. The van der Waals surface area contributed by atoms with E-state index in [1.54, 1.807) is 0 Å². The van der Waals surface area contributed by atoms with Gasteiger partial charge in [-0.3, -0.25) is 20.2 Å². The van der Waals surface area contributed by atoms with E-state index in [4.69, 9.17) is 0 Å². The standard InChI is InChI=1S/C13H16N2O2/c1-8-3-5-10(6-4-8)9(2)14-11-7-12(16)15-13(11)17/h3-6,9,11,14H,7H2,1-2H3,(H,15,16,17)/t9-,11?/m1/s1. The van der Waals surface area contributed by atoms with E-state index < -0.39 is 6.04 Å². The number of carbonyl (C=O) groups excluding carboxylic acids is 2. The summed E-state index contributed by atoms with van der Waals surface area (Å²) in [6, 6.07) is 7.78. The second-order valence-electron chi connectivity index (χ2n) is 4.47. The van der Waals surface area contributed by atoms with Crippen LogP contribution in [0.2, 0.25) is 0 Å². The van der Waals surface area contributed by atoms with Crippen LogP contribution in [0.1, 0.15) is 30.5 Å². The van der Waals surface area contributed by atoms with Crippen molar-refractivity contribution in [2.75, 3.05) is 0 Å². The van der Waals surface area contributed by atoms with Crippen LogP contribution in [-0.4, -0.2) is 17.9 Å². The smallest absolute Gasteiger partial charge is 0.244 e. The lowest BCUT2D eigenvalue weighted by molar-refractivity contribution is -0.125. The fraction of sp³-hybridized carbons (Fsp3) is 0.385. The quantitative estimate of drug-likeness (QED) is 0.766. The van der Waals surface area contributed by atoms with Crippen molar-refractivity contribution in [2.45, 2.75) is 32.4 Å². The zero-order chi connectivity index (χ0) is 12.4. The molecule has 0 saturated carbocycles. The van der Waals surface area contributed by atoms with Crippen LogP contribution in [0.3, 0.4) is 0 Å². The van der Waals surface area contributed by atoms with E-state index in [0.717, 1.165) is 5.56 Å². The van der Waals surface area contributed by atoms with Gasteiger partial charge in [0.2, 0.25) is 11.8 Å². The molecule has 1 fully saturated rings. The molecule has 1 saturated heterocycles. The van der Waals surface area contributed by atoms with Crippen LogP contribution >= 0.6 is 0 Å². The average Bonchev–Trinajstić information content (AvgIpc) is 2.58. The summed E-state index contributed by atoms with van der Waals surface area (Å²) in [4.78, 5) is 22.5. The lowest BCUT2D eigenvalue weighted by Gasteiger charge is -2.17. The van der Waals surface area contributed by atoms with Crippen LogP contribution in [0.5, 0.6) is 0 Å². The Labute approximate surface area is 100 Å². The zero-order valence-corrected chi connectivity index (χ0v) is 9.99. The van der Waals surface area contributed by atoms with Crippen molar-refractivity contribution in [1.82, 2.24) is 10.6 Å². The minimum absolute atomic E-state index is 0.0530. The molecule has 2 rings (SSSR count). The molecule has 0 aliphatic carbocycles. The summed E-state index contributed by atoms with van der Waals surface area (Å²) < 4.78 is 0. The molecule has 1 aliphatic rings. The Morgan fingerprint density at radius 3 is 2.47 bits per heavy atom. The summed E-state index contributed by atoms with van der Waals surface area (Å²) in [7, 11) is 0. The molecule has 1 heterocycles. The molecule has 4 heteroatoms. The van der Waals surface area contributed by atoms with E-state index in [1.807, 2.05) is 38.1 Å². The molecular weight excluding hydrogens is 216 g/mol. The number of benzene rings is 1. The van der Waals surface area contributed by atoms with E-state index in [2.05, 4.69) is 10.6 Å². The molecule has 1 aromatic carbocycles. The zero-order valence-electron chi connectivity index (χ0n) is 9.99. The fourth-order valence-corrected chi connectivity index (χ4v) is 1.94. The first-order chi connectivity index (χ1) is 8.06. The third-order valence-corrected chi connectivity index (χ3v) is 3.00. The molecule has 0 spiro atoms. The number of aryl methyl sites for hydroxylation is 1. The van der Waals surface area contributed by atoms with Crippen molar-refractivity contribution >= 4 is 11.8 Å². The first-order valence-corrected chi connectivity index (χ1v) is 5.72. The molecule has 0 aromatic heterocycles. The predicted molar refractivity (Wildman–Crippen MR) is 64.3 cm³/mol. The summed E-state index contributed by atoms with van der Waals surface area (Å²) in [6.07, 6.45) is 0.231. The minimum atomic E-state index is -0.404. The highest BCUT2D eigenvalue weighted by Gasteiger charge is 2.31. The van der Waals surface area contributed by atoms with E-state index >= 15 is 0 Å². The molecule has 17 heavy (non-hydrogen) atoms. The highest BCUT2D eigenvalue weighted by Crippen LogP contribution is 2.15. The van der Waals surface area contributed by atoms with Crippen LogP contribution in [0.15, 0.2) is 24.3 Å². The largest absolute Gasteiger partial charge is 0.299 e. The highest BCUT2D eigenvalue weighted by atomic mass is 16.2. The lowest BCUT2D eigenvalue weighted by Crippen LogP contribution is -2.37. The van der Waals surface area contributed by atoms with Crippen molar-refractivity contribution < 1.29 is 9.59 Å². The van der Waals surface area contributed by atoms with Crippen molar-refractivity contribution in [3.05, 3.63) is 35.4 Å². The summed E-state index contributed by atoms with van der Waals surface area (Å²) in [5.41, 5.74) is 2.32. The monoisotopic (exact) mass is 232 g/mol. The van der Waals surface area contributed by atoms with E-state index in [-0.39, 0.29) is 24.3 Å². The number of hydrogen-bond acceptors (Lipinski definition) is 3. The van der Waals surface area contributed by atoms with Gasteiger partial charge in [-0.25, -0.2) is 0 Å². The Morgan fingerprint density at radius 1 is 1.29 bits per heavy atom. The van der Waals surface area contributed by atoms with Crippen LogP contribution in [-0.2, 0) is 9.59 Å². The van der Waals surface area contributed by atoms with Crippen LogP contribution in [0.25, 0.3) is 0 Å². The minimum Gasteiger partial charge on any atom is -0.299 e. The molecule has 2 atom stereocenters. The average molecular weight is 232 g/mol. The number of amides is 2. The normalized spacial score (nSPS) is 21.4. The third-order valence-electron chi connectivity index (χ3n) is 3.00. The molecule has 2 N–H and O–H groups in total. The van der Waals surface area contributed by atoms with Gasteiger partial charge in [0.25, 0.3) is 0 Å². The first kappa shape index (κ1) is 11.8. The van der Waals surface area contributed by atoms with Crippen molar-refractivity contribution in [1.29, 1.82) is 0 Å². The van der Waals surface area contributed by atoms with Gasteiger partial charge in [0.1, 0.15) is 0 Å². The molecule has 90 valence electrons. The maximum Gasteiger partial charge on any atom is 0.244 e. The van der Waals surface area contributed by atoms with Gasteiger partial charge in [0.05, 0.1) is 12.5 Å². The summed E-state index contributed by atoms with van der Waals surface area (Å²) in [5.74, 6) is -0.433. The second kappa shape index (κ2) is 4.67. The summed E-state index contributed by atoms with van der Waals surface area (Å²) in [6.45, 7) is 4.02. The van der Waals surface area contributed by atoms with Gasteiger partial charge in [-0.15, -0.1) is 0 Å². The van der Waals surface area contributed by atoms with Gasteiger partial charge in [-0.1, -0.05) is 29.8 Å². The summed E-state index contributed by atoms with van der Waals surface area (Å²) in [5, 5.41) is 5.45. The van der Waals surface area contributed by atoms with Gasteiger partial charge in [-0.2, -0.15) is 0 Å². The maximum absolute atomic E-state index is 11.4. The number of imide groups is 1. The Balaban J connectivity index is 2.01. The number of nitrogens with one attached hydrogen (secondary N) is 2. The van der Waals surface area contributed by atoms with Gasteiger partial charge < -0.3 is 0 Å². The van der Waals surface area contributed by atoms with E-state index in [0.29, 0.717) is 0 Å². The predicted octanol–water partition coefficient (Wildman–Crippen LogP) is 1.06. The Morgan fingerprint density at radius 2 is 1.94 bits per heavy atom. The van der Waals surface area contributed by atoms with Gasteiger partial charge in [0, 0.05) is 6.04 Å². The highest BCUT2D eigenvalue weighted by molar-refractivity contribution is 6.05. The topological polar surface area (TPSA) is 58.2 Å².